The van der Waals surface area contributed by atoms with Gasteiger partial charge in [0.1, 0.15) is 5.82 Å². The maximum atomic E-state index is 13.3. The molecule has 0 spiro atoms. The van der Waals surface area contributed by atoms with Crippen LogP contribution >= 0.6 is 31.9 Å². The molecule has 0 saturated carbocycles. The lowest BCUT2D eigenvalue weighted by molar-refractivity contribution is 0.102. The minimum absolute atomic E-state index is 0.0666. The van der Waals surface area contributed by atoms with Crippen LogP contribution in [0.3, 0.4) is 0 Å². The van der Waals surface area contributed by atoms with Crippen LogP contribution in [0.1, 0.15) is 21.5 Å². The molecule has 0 atom stereocenters. The minimum Gasteiger partial charge on any atom is -0.396 e. The van der Waals surface area contributed by atoms with Crippen molar-refractivity contribution in [3.8, 4) is 0 Å². The Labute approximate surface area is 139 Å². The van der Waals surface area contributed by atoms with Crippen LogP contribution in [-0.2, 0) is 0 Å². The van der Waals surface area contributed by atoms with Crippen molar-refractivity contribution < 1.29 is 9.18 Å². The van der Waals surface area contributed by atoms with Crippen molar-refractivity contribution >= 4 is 49.1 Å². The topological polar surface area (TPSA) is 55.1 Å². The van der Waals surface area contributed by atoms with Gasteiger partial charge in [-0.25, -0.2) is 4.39 Å². The second kappa shape index (κ2) is 6.15. The van der Waals surface area contributed by atoms with E-state index in [1.54, 1.807) is 0 Å². The summed E-state index contributed by atoms with van der Waals surface area (Å²) in [6.07, 6.45) is 0. The van der Waals surface area contributed by atoms with Crippen LogP contribution in [0.4, 0.5) is 15.8 Å². The van der Waals surface area contributed by atoms with Gasteiger partial charge in [0.15, 0.2) is 0 Å². The van der Waals surface area contributed by atoms with Gasteiger partial charge >= 0.3 is 0 Å². The molecule has 3 nitrogen and oxygen atoms in total. The van der Waals surface area contributed by atoms with E-state index in [2.05, 4.69) is 37.2 Å². The van der Waals surface area contributed by atoms with E-state index in [1.165, 1.54) is 12.1 Å². The van der Waals surface area contributed by atoms with Gasteiger partial charge in [-0.15, -0.1) is 0 Å². The second-order valence-corrected chi connectivity index (χ2v) is 6.46. The predicted molar refractivity (Wildman–Crippen MR) is 90.1 cm³/mol. The Balaban J connectivity index is 2.37. The molecule has 1 amide bonds. The van der Waals surface area contributed by atoms with E-state index in [0.717, 1.165) is 15.6 Å². The van der Waals surface area contributed by atoms with E-state index < -0.39 is 5.82 Å². The number of anilines is 2. The van der Waals surface area contributed by atoms with Crippen molar-refractivity contribution in [1.29, 1.82) is 0 Å². The first-order valence-electron chi connectivity index (χ1n) is 6.12. The highest BCUT2D eigenvalue weighted by atomic mass is 79.9. The van der Waals surface area contributed by atoms with Gasteiger partial charge in [-0.3, -0.25) is 4.79 Å². The van der Waals surface area contributed by atoms with Crippen molar-refractivity contribution in [3.63, 3.8) is 0 Å². The fourth-order valence-corrected chi connectivity index (χ4v) is 3.26. The van der Waals surface area contributed by atoms with Crippen LogP contribution < -0.4 is 11.1 Å². The summed E-state index contributed by atoms with van der Waals surface area (Å²) < 4.78 is 14.5. The van der Waals surface area contributed by atoms with Crippen molar-refractivity contribution in [1.82, 2.24) is 0 Å². The smallest absolute Gasteiger partial charge is 0.256 e. The molecule has 21 heavy (non-hydrogen) atoms. The van der Waals surface area contributed by atoms with E-state index in [-0.39, 0.29) is 17.2 Å². The SMILES string of the molecule is Cc1cc(C)c(NC(=O)c2cc(N)c(F)cc2Br)c(Br)c1. The predicted octanol–water partition coefficient (Wildman–Crippen LogP) is 4.80. The Morgan fingerprint density at radius 3 is 2.43 bits per heavy atom. The zero-order valence-corrected chi connectivity index (χ0v) is 14.6. The van der Waals surface area contributed by atoms with E-state index in [1.807, 2.05) is 26.0 Å². The largest absolute Gasteiger partial charge is 0.396 e. The maximum Gasteiger partial charge on any atom is 0.256 e. The third kappa shape index (κ3) is 3.44. The number of carbonyl (C=O) groups excluding carboxylic acids is 1. The zero-order valence-electron chi connectivity index (χ0n) is 11.4. The fraction of sp³-hybridized carbons (Fsp3) is 0.133. The Bertz CT molecular complexity index is 709. The Morgan fingerprint density at radius 1 is 1.14 bits per heavy atom. The molecule has 0 bridgehead atoms. The maximum absolute atomic E-state index is 13.3. The molecule has 110 valence electrons. The number of hydrogen-bond acceptors (Lipinski definition) is 2. The molecule has 2 aromatic carbocycles. The zero-order chi connectivity index (χ0) is 15.7. The van der Waals surface area contributed by atoms with Crippen LogP contribution in [0.5, 0.6) is 0 Å². The number of nitrogens with two attached hydrogens (primary N) is 1. The van der Waals surface area contributed by atoms with Gasteiger partial charge in [-0.2, -0.15) is 0 Å². The Hall–Kier alpha value is -1.40. The van der Waals surface area contributed by atoms with Crippen LogP contribution in [0.15, 0.2) is 33.2 Å². The lowest BCUT2D eigenvalue weighted by Crippen LogP contribution is -2.15. The molecule has 0 aromatic heterocycles. The molecular weight excluding hydrogens is 403 g/mol. The summed E-state index contributed by atoms with van der Waals surface area (Å²) in [6.45, 7) is 3.88. The van der Waals surface area contributed by atoms with Gasteiger partial charge in [0.05, 0.1) is 16.9 Å². The lowest BCUT2D eigenvalue weighted by Gasteiger charge is -2.13. The molecular formula is C15H13Br2FN2O. The molecule has 3 N–H and O–H groups in total. The quantitative estimate of drug-likeness (QED) is 0.692. The molecule has 0 fully saturated rings. The van der Waals surface area contributed by atoms with Gasteiger partial charge in [0, 0.05) is 8.95 Å². The van der Waals surface area contributed by atoms with Gasteiger partial charge < -0.3 is 11.1 Å². The van der Waals surface area contributed by atoms with Crippen LogP contribution in [0.25, 0.3) is 0 Å². The number of hydrogen-bond donors (Lipinski definition) is 2. The van der Waals surface area contributed by atoms with Crippen molar-refractivity contribution in [2.75, 3.05) is 11.1 Å². The number of amides is 1. The number of halogens is 3. The first-order chi connectivity index (χ1) is 9.79. The van der Waals surface area contributed by atoms with Gasteiger partial charge in [-0.1, -0.05) is 6.07 Å². The van der Waals surface area contributed by atoms with E-state index in [9.17, 15) is 9.18 Å². The van der Waals surface area contributed by atoms with Gasteiger partial charge in [0.2, 0.25) is 0 Å². The number of rotatable bonds is 2. The fourth-order valence-electron chi connectivity index (χ4n) is 1.99. The van der Waals surface area contributed by atoms with E-state index in [4.69, 9.17) is 5.73 Å². The highest BCUT2D eigenvalue weighted by molar-refractivity contribution is 9.11. The number of carbonyl (C=O) groups is 1. The Kier molecular flexibility index (Phi) is 4.68. The summed E-state index contributed by atoms with van der Waals surface area (Å²) in [6, 6.07) is 6.37. The molecule has 6 heteroatoms. The summed E-state index contributed by atoms with van der Waals surface area (Å²) in [4.78, 5) is 12.3. The number of nitrogen functional groups attached to an aromatic ring is 1. The molecule has 0 heterocycles. The van der Waals surface area contributed by atoms with Crippen molar-refractivity contribution in [2.24, 2.45) is 0 Å². The van der Waals surface area contributed by atoms with Crippen LogP contribution in [0, 0.1) is 19.7 Å². The monoisotopic (exact) mass is 414 g/mol. The lowest BCUT2D eigenvalue weighted by atomic mass is 10.1. The number of nitrogens with one attached hydrogen (secondary N) is 1. The molecule has 0 saturated heterocycles. The standard InChI is InChI=1S/C15H13Br2FN2O/c1-7-3-8(2)14(11(17)4-7)20-15(21)9-5-13(19)12(18)6-10(9)16/h3-6H,19H2,1-2H3,(H,20,21). The second-order valence-electron chi connectivity index (χ2n) is 4.75. The van der Waals surface area contributed by atoms with Crippen LogP contribution in [0.2, 0.25) is 0 Å². The van der Waals surface area contributed by atoms with E-state index in [0.29, 0.717) is 10.2 Å². The van der Waals surface area contributed by atoms with Crippen molar-refractivity contribution in [2.45, 2.75) is 13.8 Å². The first-order valence-corrected chi connectivity index (χ1v) is 7.71. The molecule has 0 aliphatic carbocycles. The molecule has 0 radical (unpaired) electrons. The van der Waals surface area contributed by atoms with Gasteiger partial charge in [-0.05, 0) is 75.0 Å². The normalized spacial score (nSPS) is 10.5. The third-order valence-electron chi connectivity index (χ3n) is 3.00. The molecule has 0 unspecified atom stereocenters. The van der Waals surface area contributed by atoms with Crippen molar-refractivity contribution in [3.05, 3.63) is 55.7 Å². The number of benzene rings is 2. The first kappa shape index (κ1) is 16.0. The molecule has 0 aliphatic rings. The molecule has 0 aliphatic heterocycles. The summed E-state index contributed by atoms with van der Waals surface area (Å²) in [7, 11) is 0. The average molecular weight is 416 g/mol. The summed E-state index contributed by atoms with van der Waals surface area (Å²) in [5.74, 6) is -0.924. The van der Waals surface area contributed by atoms with E-state index >= 15 is 0 Å². The Morgan fingerprint density at radius 2 is 1.81 bits per heavy atom. The highest BCUT2D eigenvalue weighted by Gasteiger charge is 2.16. The third-order valence-corrected chi connectivity index (χ3v) is 4.28. The van der Waals surface area contributed by atoms with Crippen LogP contribution in [-0.4, -0.2) is 5.91 Å². The minimum atomic E-state index is -0.564. The summed E-state index contributed by atoms with van der Waals surface area (Å²) in [5, 5.41) is 2.82. The summed E-state index contributed by atoms with van der Waals surface area (Å²) in [5.41, 5.74) is 8.43. The number of aryl methyl sites for hydroxylation is 2. The molecule has 2 rings (SSSR count). The average Bonchev–Trinajstić information content (AvgIpc) is 2.37. The summed E-state index contributed by atoms with van der Waals surface area (Å²) >= 11 is 6.61. The molecule has 2 aromatic rings. The highest BCUT2D eigenvalue weighted by Crippen LogP contribution is 2.29. The van der Waals surface area contributed by atoms with Gasteiger partial charge in [0.25, 0.3) is 5.91 Å².